The highest BCUT2D eigenvalue weighted by Gasteiger charge is 2.38. The van der Waals surface area contributed by atoms with Crippen LogP contribution in [0.1, 0.15) is 77.6 Å². The van der Waals surface area contributed by atoms with Crippen molar-refractivity contribution < 1.29 is 9.53 Å². The summed E-state index contributed by atoms with van der Waals surface area (Å²) in [6.45, 7) is 3.56. The predicted octanol–water partition coefficient (Wildman–Crippen LogP) is 3.85. The second-order valence-corrected chi connectivity index (χ2v) is 7.94. The van der Waals surface area contributed by atoms with Gasteiger partial charge in [-0.2, -0.15) is 0 Å². The summed E-state index contributed by atoms with van der Waals surface area (Å²) in [6, 6.07) is 0.0575. The highest BCUT2D eigenvalue weighted by atomic mass is 16.5. The number of fused-ring (bicyclic) bond motifs is 2. The fraction of sp³-hybridized carbons (Fsp3) is 0.947. The van der Waals surface area contributed by atoms with Gasteiger partial charge in [-0.3, -0.25) is 4.79 Å². The minimum Gasteiger partial charge on any atom is -0.367 e. The first kappa shape index (κ1) is 16.4. The monoisotopic (exact) mass is 307 g/mol. The molecule has 1 N–H and O–H groups in total. The number of hydrogen-bond donors (Lipinski definition) is 1. The molecule has 2 aliphatic carbocycles. The van der Waals surface area contributed by atoms with Crippen molar-refractivity contribution in [3.05, 3.63) is 0 Å². The Bertz CT molecular complexity index is 378. The maximum Gasteiger partial charge on any atom is 0.175 e. The average molecular weight is 307 g/mol. The van der Waals surface area contributed by atoms with Crippen LogP contribution in [0.4, 0.5) is 0 Å². The lowest BCUT2D eigenvalue weighted by Gasteiger charge is -2.34. The second kappa shape index (κ2) is 7.44. The molecule has 1 aliphatic heterocycles. The molecule has 0 radical (unpaired) electrons. The molecule has 1 heterocycles. The third-order valence-corrected chi connectivity index (χ3v) is 6.42. The van der Waals surface area contributed by atoms with Crippen molar-refractivity contribution in [1.29, 1.82) is 0 Å². The summed E-state index contributed by atoms with van der Waals surface area (Å²) in [5.41, 5.74) is -0.0228. The molecule has 3 rings (SSSR count). The highest BCUT2D eigenvalue weighted by Crippen LogP contribution is 2.43. The Balaban J connectivity index is 1.59. The van der Waals surface area contributed by atoms with E-state index < -0.39 is 0 Å². The minimum absolute atomic E-state index is 0.0228. The van der Waals surface area contributed by atoms with Gasteiger partial charge < -0.3 is 10.1 Å². The predicted molar refractivity (Wildman–Crippen MR) is 88.9 cm³/mol. The number of carbonyl (C=O) groups excluding carboxylic acids is 1. The van der Waals surface area contributed by atoms with Crippen LogP contribution in [0.3, 0.4) is 0 Å². The fourth-order valence-electron chi connectivity index (χ4n) is 4.95. The maximum atomic E-state index is 12.3. The number of carbonyl (C=O) groups is 1. The van der Waals surface area contributed by atoms with Crippen molar-refractivity contribution in [3.8, 4) is 0 Å². The van der Waals surface area contributed by atoms with Gasteiger partial charge in [0.05, 0.1) is 11.6 Å². The van der Waals surface area contributed by atoms with E-state index in [4.69, 9.17) is 4.74 Å². The summed E-state index contributed by atoms with van der Waals surface area (Å²) < 4.78 is 6.33. The first-order chi connectivity index (χ1) is 10.7. The minimum atomic E-state index is -0.0228. The molecule has 2 saturated carbocycles. The first-order valence-corrected chi connectivity index (χ1v) is 9.61. The van der Waals surface area contributed by atoms with Crippen LogP contribution in [0, 0.1) is 11.8 Å². The first-order valence-electron chi connectivity index (χ1n) is 9.61. The van der Waals surface area contributed by atoms with Gasteiger partial charge in [-0.05, 0) is 63.3 Å². The van der Waals surface area contributed by atoms with Crippen LogP contribution in [0.2, 0.25) is 0 Å². The normalized spacial score (nSPS) is 39.2. The quantitative estimate of drug-likeness (QED) is 0.838. The molecule has 0 spiro atoms. The number of ketones is 1. The fourth-order valence-corrected chi connectivity index (χ4v) is 4.95. The average Bonchev–Trinajstić information content (AvgIpc) is 2.91. The zero-order chi connectivity index (χ0) is 15.4. The van der Waals surface area contributed by atoms with Gasteiger partial charge in [-0.15, -0.1) is 0 Å². The largest absolute Gasteiger partial charge is 0.367 e. The Morgan fingerprint density at radius 3 is 2.68 bits per heavy atom. The third-order valence-electron chi connectivity index (χ3n) is 6.42. The molecule has 126 valence electrons. The van der Waals surface area contributed by atoms with Crippen LogP contribution in [0.5, 0.6) is 0 Å². The standard InChI is InChI=1S/C19H33NO2/c1-2-19(22-14-18(21)17-8-5-11-20-17)10-9-15-6-3-4-7-16(12-15)13-19/h15-17,20H,2-14H2,1H3/t15-,16-,17?,19-/m1/s1. The van der Waals surface area contributed by atoms with Crippen LogP contribution in [-0.2, 0) is 9.53 Å². The lowest BCUT2D eigenvalue weighted by Crippen LogP contribution is -2.40. The van der Waals surface area contributed by atoms with E-state index >= 15 is 0 Å². The Morgan fingerprint density at radius 1 is 1.14 bits per heavy atom. The summed E-state index contributed by atoms with van der Waals surface area (Å²) in [6.07, 6.45) is 13.8. The van der Waals surface area contributed by atoms with E-state index in [2.05, 4.69) is 12.2 Å². The molecule has 3 nitrogen and oxygen atoms in total. The maximum absolute atomic E-state index is 12.3. The topological polar surface area (TPSA) is 38.3 Å². The van der Waals surface area contributed by atoms with Gasteiger partial charge in [0.15, 0.2) is 5.78 Å². The van der Waals surface area contributed by atoms with Gasteiger partial charge in [-0.25, -0.2) is 0 Å². The van der Waals surface area contributed by atoms with E-state index in [9.17, 15) is 4.79 Å². The molecule has 22 heavy (non-hydrogen) atoms. The van der Waals surface area contributed by atoms with Gasteiger partial charge >= 0.3 is 0 Å². The number of nitrogens with one attached hydrogen (secondary N) is 1. The molecular formula is C19H33NO2. The third kappa shape index (κ3) is 3.91. The molecule has 3 heteroatoms. The smallest absolute Gasteiger partial charge is 0.175 e. The van der Waals surface area contributed by atoms with Crippen LogP contribution >= 0.6 is 0 Å². The molecule has 1 saturated heterocycles. The second-order valence-electron chi connectivity index (χ2n) is 7.94. The molecule has 0 amide bonds. The van der Waals surface area contributed by atoms with E-state index in [1.54, 1.807) is 0 Å². The summed E-state index contributed by atoms with van der Waals surface area (Å²) in [5, 5.41) is 3.30. The summed E-state index contributed by atoms with van der Waals surface area (Å²) in [7, 11) is 0. The molecule has 4 atom stereocenters. The molecule has 2 bridgehead atoms. The molecular weight excluding hydrogens is 274 g/mol. The number of Topliss-reactive ketones (excluding diaryl/α,β-unsaturated/α-hetero) is 1. The molecule has 3 aliphatic rings. The molecule has 0 aromatic rings. The Kier molecular flexibility index (Phi) is 5.56. The Hall–Kier alpha value is -0.410. The lowest BCUT2D eigenvalue weighted by molar-refractivity contribution is -0.135. The summed E-state index contributed by atoms with van der Waals surface area (Å²) >= 11 is 0. The van der Waals surface area contributed by atoms with Crippen LogP contribution in [0.15, 0.2) is 0 Å². The van der Waals surface area contributed by atoms with Gasteiger partial charge in [0.25, 0.3) is 0 Å². The molecule has 3 fully saturated rings. The Labute approximate surface area is 135 Å². The number of rotatable bonds is 5. The molecule has 0 aromatic carbocycles. The summed E-state index contributed by atoms with van der Waals surface area (Å²) in [5.74, 6) is 2.01. The van der Waals surface area contributed by atoms with E-state index in [0.717, 1.165) is 44.1 Å². The van der Waals surface area contributed by atoms with Crippen LogP contribution in [-0.4, -0.2) is 30.6 Å². The molecule has 0 aromatic heterocycles. The number of hydrogen-bond acceptors (Lipinski definition) is 3. The number of ether oxygens (including phenoxy) is 1. The van der Waals surface area contributed by atoms with Crippen molar-refractivity contribution >= 4 is 5.78 Å². The van der Waals surface area contributed by atoms with Crippen molar-refractivity contribution in [2.45, 2.75) is 89.2 Å². The van der Waals surface area contributed by atoms with Gasteiger partial charge in [0.2, 0.25) is 0 Å². The Morgan fingerprint density at radius 2 is 1.95 bits per heavy atom. The highest BCUT2D eigenvalue weighted by molar-refractivity contribution is 5.85. The SMILES string of the molecule is CC[C@@]1(OCC(=O)C2CCCN2)CC[C@H]2CCCC[C@H](C2)C1. The van der Waals surface area contributed by atoms with Gasteiger partial charge in [0, 0.05) is 0 Å². The van der Waals surface area contributed by atoms with E-state index in [1.165, 1.54) is 44.9 Å². The van der Waals surface area contributed by atoms with E-state index in [0.29, 0.717) is 6.61 Å². The lowest BCUT2D eigenvalue weighted by atomic mass is 9.84. The zero-order valence-corrected chi connectivity index (χ0v) is 14.2. The zero-order valence-electron chi connectivity index (χ0n) is 14.2. The van der Waals surface area contributed by atoms with E-state index in [-0.39, 0.29) is 17.4 Å². The molecule has 1 unspecified atom stereocenters. The van der Waals surface area contributed by atoms with Crippen LogP contribution < -0.4 is 5.32 Å². The van der Waals surface area contributed by atoms with Crippen molar-refractivity contribution in [2.24, 2.45) is 11.8 Å². The van der Waals surface area contributed by atoms with Crippen molar-refractivity contribution in [1.82, 2.24) is 5.32 Å². The van der Waals surface area contributed by atoms with Crippen LogP contribution in [0.25, 0.3) is 0 Å². The van der Waals surface area contributed by atoms with E-state index in [1.807, 2.05) is 0 Å². The van der Waals surface area contributed by atoms with Crippen molar-refractivity contribution in [2.75, 3.05) is 13.2 Å². The van der Waals surface area contributed by atoms with Gasteiger partial charge in [-0.1, -0.05) is 32.6 Å². The van der Waals surface area contributed by atoms with Gasteiger partial charge in [0.1, 0.15) is 6.61 Å². The summed E-state index contributed by atoms with van der Waals surface area (Å²) in [4.78, 5) is 12.3. The van der Waals surface area contributed by atoms with Crippen molar-refractivity contribution in [3.63, 3.8) is 0 Å².